The Morgan fingerprint density at radius 1 is 0.224 bits per heavy atom. The second-order valence-corrected chi connectivity index (χ2v) is 14.8. The molecule has 0 spiro atoms. The largest absolute Gasteiger partial charge is 0.208 e. The van der Waals surface area contributed by atoms with Gasteiger partial charge in [-0.15, -0.1) is 0 Å². The molecule has 0 fully saturated rings. The van der Waals surface area contributed by atoms with Crippen LogP contribution in [0.2, 0.25) is 0 Å². The van der Waals surface area contributed by atoms with Gasteiger partial charge >= 0.3 is 0 Å². The molecule has 1 heterocycles. The second-order valence-electron chi connectivity index (χ2n) is 14.8. The Labute approximate surface area is 336 Å². The predicted molar refractivity (Wildman–Crippen MR) is 242 cm³/mol. The summed E-state index contributed by atoms with van der Waals surface area (Å²) in [4.78, 5) is 15.3. The van der Waals surface area contributed by atoms with Gasteiger partial charge in [-0.2, -0.15) is 0 Å². The van der Waals surface area contributed by atoms with Crippen LogP contribution >= 0.6 is 0 Å². The van der Waals surface area contributed by atoms with E-state index in [1.165, 1.54) is 54.2 Å². The summed E-state index contributed by atoms with van der Waals surface area (Å²) < 4.78 is 0. The van der Waals surface area contributed by atoms with Crippen molar-refractivity contribution < 1.29 is 0 Å². The summed E-state index contributed by atoms with van der Waals surface area (Å²) in [5.41, 5.74) is 9.78. The third-order valence-corrected chi connectivity index (χ3v) is 11.3. The van der Waals surface area contributed by atoms with Crippen LogP contribution in [0.25, 0.3) is 111 Å². The van der Waals surface area contributed by atoms with Crippen LogP contribution in [0.3, 0.4) is 0 Å². The minimum Gasteiger partial charge on any atom is -0.208 e. The Hall–Kier alpha value is -7.75. The zero-order valence-corrected chi connectivity index (χ0v) is 31.5. The first kappa shape index (κ1) is 33.6. The molecule has 270 valence electrons. The molecule has 11 aromatic rings. The van der Waals surface area contributed by atoms with Crippen LogP contribution in [0.5, 0.6) is 0 Å². The average Bonchev–Trinajstić information content (AvgIpc) is 3.31. The van der Waals surface area contributed by atoms with Gasteiger partial charge in [0.25, 0.3) is 0 Å². The third kappa shape index (κ3) is 5.98. The standard InChI is InChI=1S/C55H35N3/c1-2-14-41(15-3-1)53-56-54(58-55(57-53)50-21-11-10-19-47(50)45-31-26-36-12-4-5-16-43(36)34-45)42-29-24-38(25-30-42)37-22-27-40(28-23-37)52-48-20-9-7-17-44(48)35-51-46-18-8-6-13-39(46)32-33-49(51)52/h1-35H. The van der Waals surface area contributed by atoms with E-state index in [1.807, 2.05) is 30.3 Å². The number of hydrogen-bond acceptors (Lipinski definition) is 3. The summed E-state index contributed by atoms with van der Waals surface area (Å²) in [6.45, 7) is 0. The Morgan fingerprint density at radius 2 is 0.724 bits per heavy atom. The van der Waals surface area contributed by atoms with E-state index in [2.05, 4.69) is 182 Å². The van der Waals surface area contributed by atoms with Crippen LogP contribution in [0.4, 0.5) is 0 Å². The highest BCUT2D eigenvalue weighted by Gasteiger charge is 2.17. The Bertz CT molecular complexity index is 3320. The number of hydrogen-bond donors (Lipinski definition) is 0. The summed E-state index contributed by atoms with van der Waals surface area (Å²) in [5.74, 6) is 1.91. The molecule has 0 aliphatic rings. The van der Waals surface area contributed by atoms with E-state index in [-0.39, 0.29) is 0 Å². The highest BCUT2D eigenvalue weighted by atomic mass is 15.0. The first-order valence-corrected chi connectivity index (χ1v) is 19.7. The average molecular weight is 738 g/mol. The van der Waals surface area contributed by atoms with Crippen molar-refractivity contribution in [1.29, 1.82) is 0 Å². The summed E-state index contributed by atoms with van der Waals surface area (Å²) in [6.07, 6.45) is 0. The van der Waals surface area contributed by atoms with Crippen molar-refractivity contribution in [2.45, 2.75) is 0 Å². The summed E-state index contributed by atoms with van der Waals surface area (Å²) >= 11 is 0. The normalized spacial score (nSPS) is 11.4. The van der Waals surface area contributed by atoms with Gasteiger partial charge in [0.2, 0.25) is 0 Å². The summed E-state index contributed by atoms with van der Waals surface area (Å²) in [7, 11) is 0. The molecule has 0 bridgehead atoms. The van der Waals surface area contributed by atoms with Crippen LogP contribution in [0.15, 0.2) is 212 Å². The minimum absolute atomic E-state index is 0.634. The fraction of sp³-hybridized carbons (Fsp3) is 0. The zero-order valence-electron chi connectivity index (χ0n) is 31.5. The van der Waals surface area contributed by atoms with Crippen LogP contribution in [0, 0.1) is 0 Å². The van der Waals surface area contributed by atoms with Gasteiger partial charge in [0.05, 0.1) is 0 Å². The lowest BCUT2D eigenvalue weighted by molar-refractivity contribution is 1.07. The fourth-order valence-electron chi connectivity index (χ4n) is 8.40. The van der Waals surface area contributed by atoms with Crippen molar-refractivity contribution >= 4 is 43.1 Å². The lowest BCUT2D eigenvalue weighted by Crippen LogP contribution is -2.01. The molecule has 58 heavy (non-hydrogen) atoms. The molecule has 0 amide bonds. The van der Waals surface area contributed by atoms with Crippen molar-refractivity contribution in [2.24, 2.45) is 0 Å². The monoisotopic (exact) mass is 737 g/mol. The van der Waals surface area contributed by atoms with Gasteiger partial charge in [-0.3, -0.25) is 0 Å². The van der Waals surface area contributed by atoms with E-state index in [0.717, 1.165) is 38.9 Å². The number of benzene rings is 10. The van der Waals surface area contributed by atoms with E-state index in [1.54, 1.807) is 0 Å². The van der Waals surface area contributed by atoms with Crippen LogP contribution < -0.4 is 0 Å². The predicted octanol–water partition coefficient (Wildman–Crippen LogP) is 14.5. The number of aromatic nitrogens is 3. The maximum absolute atomic E-state index is 5.14. The van der Waals surface area contributed by atoms with Gasteiger partial charge < -0.3 is 0 Å². The molecule has 1 aromatic heterocycles. The molecule has 11 rings (SSSR count). The van der Waals surface area contributed by atoms with E-state index < -0.39 is 0 Å². The van der Waals surface area contributed by atoms with Gasteiger partial charge in [-0.25, -0.2) is 15.0 Å². The topological polar surface area (TPSA) is 38.7 Å². The van der Waals surface area contributed by atoms with E-state index >= 15 is 0 Å². The van der Waals surface area contributed by atoms with Gasteiger partial charge in [0.15, 0.2) is 17.5 Å². The number of fused-ring (bicyclic) bond motifs is 5. The van der Waals surface area contributed by atoms with Crippen molar-refractivity contribution in [3.05, 3.63) is 212 Å². The molecular formula is C55H35N3. The molecule has 0 aliphatic heterocycles. The van der Waals surface area contributed by atoms with E-state index in [4.69, 9.17) is 15.0 Å². The van der Waals surface area contributed by atoms with Crippen LogP contribution in [-0.4, -0.2) is 15.0 Å². The Morgan fingerprint density at radius 3 is 1.47 bits per heavy atom. The molecule has 3 heteroatoms. The molecule has 0 aliphatic carbocycles. The van der Waals surface area contributed by atoms with E-state index in [0.29, 0.717) is 17.5 Å². The zero-order chi connectivity index (χ0) is 38.4. The van der Waals surface area contributed by atoms with Crippen molar-refractivity contribution in [3.8, 4) is 67.5 Å². The first-order chi connectivity index (χ1) is 28.7. The minimum atomic E-state index is 0.634. The first-order valence-electron chi connectivity index (χ1n) is 19.7. The van der Waals surface area contributed by atoms with Gasteiger partial charge in [-0.1, -0.05) is 200 Å². The van der Waals surface area contributed by atoms with E-state index in [9.17, 15) is 0 Å². The van der Waals surface area contributed by atoms with Crippen molar-refractivity contribution in [3.63, 3.8) is 0 Å². The number of nitrogens with zero attached hydrogens (tertiary/aromatic N) is 3. The quantitative estimate of drug-likeness (QED) is 0.126. The molecule has 0 atom stereocenters. The molecule has 0 radical (unpaired) electrons. The molecule has 0 unspecified atom stereocenters. The van der Waals surface area contributed by atoms with Crippen molar-refractivity contribution in [1.82, 2.24) is 15.0 Å². The molecule has 0 N–H and O–H groups in total. The van der Waals surface area contributed by atoms with Crippen LogP contribution in [-0.2, 0) is 0 Å². The lowest BCUT2D eigenvalue weighted by Gasteiger charge is -2.14. The van der Waals surface area contributed by atoms with Crippen LogP contribution in [0.1, 0.15) is 0 Å². The van der Waals surface area contributed by atoms with Gasteiger partial charge in [0.1, 0.15) is 0 Å². The fourth-order valence-corrected chi connectivity index (χ4v) is 8.40. The smallest absolute Gasteiger partial charge is 0.164 e. The number of rotatable bonds is 6. The summed E-state index contributed by atoms with van der Waals surface area (Å²) in [5, 5.41) is 9.99. The molecule has 0 saturated carbocycles. The lowest BCUT2D eigenvalue weighted by atomic mass is 9.89. The Kier molecular flexibility index (Phi) is 8.15. The molecule has 10 aromatic carbocycles. The summed E-state index contributed by atoms with van der Waals surface area (Å²) in [6, 6.07) is 75.4. The van der Waals surface area contributed by atoms with Gasteiger partial charge in [-0.05, 0) is 88.6 Å². The maximum atomic E-state index is 5.14. The van der Waals surface area contributed by atoms with Gasteiger partial charge in [0, 0.05) is 16.7 Å². The molecular weight excluding hydrogens is 703 g/mol. The SMILES string of the molecule is c1ccc(-c2nc(-c3ccc(-c4ccc(-c5c6ccccc6cc6c5ccc5ccccc56)cc4)cc3)nc(-c3ccccc3-c3ccc4ccccc4c3)n2)cc1. The highest BCUT2D eigenvalue weighted by Crippen LogP contribution is 2.40. The highest BCUT2D eigenvalue weighted by molar-refractivity contribution is 6.20. The second kappa shape index (κ2) is 14.1. The molecule has 3 nitrogen and oxygen atoms in total. The Balaban J connectivity index is 0.970. The third-order valence-electron chi connectivity index (χ3n) is 11.3. The maximum Gasteiger partial charge on any atom is 0.164 e. The molecule has 0 saturated heterocycles. The van der Waals surface area contributed by atoms with Crippen molar-refractivity contribution in [2.75, 3.05) is 0 Å².